The smallest absolute Gasteiger partial charge is 0.328 e. The number of methoxy groups -OCH3 is 1. The second kappa shape index (κ2) is 6.84. The third-order valence-corrected chi connectivity index (χ3v) is 3.86. The number of carboxylic acid groups (broad SMARTS) is 1. The van der Waals surface area contributed by atoms with Crippen molar-refractivity contribution in [3.63, 3.8) is 0 Å². The van der Waals surface area contributed by atoms with Crippen LogP contribution < -0.4 is 5.32 Å². The zero-order valence-corrected chi connectivity index (χ0v) is 11.7. The van der Waals surface area contributed by atoms with Crippen LogP contribution >= 0.6 is 11.8 Å². The number of amides is 2. The molecule has 0 aromatic carbocycles. The van der Waals surface area contributed by atoms with Gasteiger partial charge in [-0.05, 0) is 0 Å². The number of rotatable bonds is 4. The Balaban J connectivity index is 2.55. The van der Waals surface area contributed by atoms with Crippen LogP contribution in [0, 0.1) is 0 Å². The Morgan fingerprint density at radius 2 is 2.00 bits per heavy atom. The van der Waals surface area contributed by atoms with E-state index in [0.29, 0.717) is 23.6 Å². The molecule has 0 aromatic rings. The summed E-state index contributed by atoms with van der Waals surface area (Å²) in [5.74, 6) is -1.09. The molecule has 18 heavy (non-hydrogen) atoms. The molecular weight excluding hydrogens is 256 g/mol. The van der Waals surface area contributed by atoms with E-state index in [1.807, 2.05) is 11.8 Å². The van der Waals surface area contributed by atoms with Gasteiger partial charge in [-0.1, -0.05) is 13.8 Å². The van der Waals surface area contributed by atoms with E-state index < -0.39 is 12.0 Å². The lowest BCUT2D eigenvalue weighted by Crippen LogP contribution is -2.53. The number of nitrogens with zero attached hydrogens (tertiary/aromatic N) is 1. The summed E-state index contributed by atoms with van der Waals surface area (Å²) >= 11 is 1.84. The van der Waals surface area contributed by atoms with Gasteiger partial charge in [0.2, 0.25) is 0 Å². The maximum Gasteiger partial charge on any atom is 0.328 e. The summed E-state index contributed by atoms with van der Waals surface area (Å²) in [5, 5.41) is 12.2. The number of carbonyl (C=O) groups excluding carboxylic acids is 1. The highest BCUT2D eigenvalue weighted by molar-refractivity contribution is 8.00. The predicted octanol–water partition coefficient (Wildman–Crippen LogP) is 0.621. The fraction of sp³-hybridized carbons (Fsp3) is 0.818. The fourth-order valence-electron chi connectivity index (χ4n) is 1.93. The number of ether oxygens (including phenoxy) is 1. The Labute approximate surface area is 111 Å². The van der Waals surface area contributed by atoms with Crippen molar-refractivity contribution < 1.29 is 19.4 Å². The van der Waals surface area contributed by atoms with Crippen molar-refractivity contribution in [1.29, 1.82) is 0 Å². The van der Waals surface area contributed by atoms with Gasteiger partial charge in [0.1, 0.15) is 0 Å². The van der Waals surface area contributed by atoms with Gasteiger partial charge in [-0.15, -0.1) is 0 Å². The molecule has 3 atom stereocenters. The summed E-state index contributed by atoms with van der Waals surface area (Å²) in [6.07, 6.45) is 0. The van der Waals surface area contributed by atoms with Crippen LogP contribution in [0.3, 0.4) is 0 Å². The predicted molar refractivity (Wildman–Crippen MR) is 69.9 cm³/mol. The average molecular weight is 276 g/mol. The molecule has 0 bridgehead atoms. The summed E-state index contributed by atoms with van der Waals surface area (Å²) in [5.41, 5.74) is 0. The second-order valence-electron chi connectivity index (χ2n) is 4.46. The van der Waals surface area contributed by atoms with E-state index in [2.05, 4.69) is 19.2 Å². The molecule has 1 aliphatic rings. The number of hydrogen-bond donors (Lipinski definition) is 2. The van der Waals surface area contributed by atoms with Gasteiger partial charge in [-0.25, -0.2) is 9.59 Å². The van der Waals surface area contributed by atoms with Crippen molar-refractivity contribution in [1.82, 2.24) is 10.2 Å². The van der Waals surface area contributed by atoms with Gasteiger partial charge >= 0.3 is 12.0 Å². The molecule has 2 amide bonds. The number of thioether (sulfide) groups is 1. The lowest BCUT2D eigenvalue weighted by Gasteiger charge is -2.35. The maximum absolute atomic E-state index is 12.0. The first-order valence-corrected chi connectivity index (χ1v) is 6.81. The van der Waals surface area contributed by atoms with Crippen LogP contribution in [0.4, 0.5) is 4.79 Å². The van der Waals surface area contributed by atoms with Crippen LogP contribution in [0.5, 0.6) is 0 Å². The quantitative estimate of drug-likeness (QED) is 0.787. The van der Waals surface area contributed by atoms with E-state index in [4.69, 9.17) is 9.84 Å². The van der Waals surface area contributed by atoms with Crippen LogP contribution in [0.25, 0.3) is 0 Å². The van der Waals surface area contributed by atoms with E-state index in [1.165, 1.54) is 7.11 Å². The van der Waals surface area contributed by atoms with Gasteiger partial charge in [-0.2, -0.15) is 11.8 Å². The van der Waals surface area contributed by atoms with Crippen molar-refractivity contribution in [2.45, 2.75) is 30.4 Å². The number of carbonyl (C=O) groups is 2. The first-order chi connectivity index (χ1) is 8.43. The Morgan fingerprint density at radius 1 is 1.44 bits per heavy atom. The number of nitrogens with one attached hydrogen (secondary N) is 1. The van der Waals surface area contributed by atoms with Gasteiger partial charge in [0, 0.05) is 30.7 Å². The van der Waals surface area contributed by atoms with Gasteiger partial charge in [-0.3, -0.25) is 0 Å². The highest BCUT2D eigenvalue weighted by Gasteiger charge is 2.28. The summed E-state index contributed by atoms with van der Waals surface area (Å²) < 4.78 is 4.78. The summed E-state index contributed by atoms with van der Waals surface area (Å²) in [6, 6.07) is -1.33. The van der Waals surface area contributed by atoms with Gasteiger partial charge in [0.15, 0.2) is 6.04 Å². The average Bonchev–Trinajstić information content (AvgIpc) is 2.26. The highest BCUT2D eigenvalue weighted by Crippen LogP contribution is 2.24. The maximum atomic E-state index is 12.0. The fourth-order valence-corrected chi connectivity index (χ4v) is 3.25. The van der Waals surface area contributed by atoms with Crippen molar-refractivity contribution in [2.24, 2.45) is 0 Å². The summed E-state index contributed by atoms with van der Waals surface area (Å²) in [4.78, 5) is 24.5. The molecule has 0 aromatic heterocycles. The molecule has 3 unspecified atom stereocenters. The van der Waals surface area contributed by atoms with Crippen molar-refractivity contribution >= 4 is 23.8 Å². The first kappa shape index (κ1) is 15.1. The topological polar surface area (TPSA) is 78.9 Å². The molecule has 7 heteroatoms. The molecular formula is C11H20N2O4S. The third-order valence-electron chi connectivity index (χ3n) is 2.64. The molecule has 104 valence electrons. The first-order valence-electron chi connectivity index (χ1n) is 5.86. The monoisotopic (exact) mass is 276 g/mol. The van der Waals surface area contributed by atoms with Crippen molar-refractivity contribution in [3.05, 3.63) is 0 Å². The normalized spacial score (nSPS) is 25.6. The summed E-state index contributed by atoms with van der Waals surface area (Å²) in [6.45, 7) is 5.37. The third kappa shape index (κ3) is 4.38. The number of carboxylic acids is 1. The molecule has 1 heterocycles. The molecule has 0 spiro atoms. The lowest BCUT2D eigenvalue weighted by molar-refractivity contribution is -0.140. The molecule has 0 radical (unpaired) electrons. The molecule has 6 nitrogen and oxygen atoms in total. The Hall–Kier alpha value is -0.950. The van der Waals surface area contributed by atoms with E-state index >= 15 is 0 Å². The van der Waals surface area contributed by atoms with Gasteiger partial charge < -0.3 is 20.1 Å². The standard InChI is InChI=1S/C11H20N2O4S/c1-7-4-13(5-8(2)18-7)11(16)12-9(6-17-3)10(14)15/h7-9H,4-6H2,1-3H3,(H,12,16)(H,14,15). The van der Waals surface area contributed by atoms with E-state index in [1.54, 1.807) is 4.90 Å². The number of hydrogen-bond acceptors (Lipinski definition) is 4. The van der Waals surface area contributed by atoms with Crippen LogP contribution in [-0.4, -0.2) is 65.4 Å². The van der Waals surface area contributed by atoms with Crippen LogP contribution in [0.1, 0.15) is 13.8 Å². The minimum absolute atomic E-state index is 0.0330. The Morgan fingerprint density at radius 3 is 2.44 bits per heavy atom. The minimum Gasteiger partial charge on any atom is -0.480 e. The van der Waals surface area contributed by atoms with Crippen LogP contribution in [-0.2, 0) is 9.53 Å². The zero-order chi connectivity index (χ0) is 13.7. The van der Waals surface area contributed by atoms with E-state index in [9.17, 15) is 9.59 Å². The van der Waals surface area contributed by atoms with Crippen molar-refractivity contribution in [3.8, 4) is 0 Å². The largest absolute Gasteiger partial charge is 0.480 e. The van der Waals surface area contributed by atoms with E-state index in [0.717, 1.165) is 0 Å². The van der Waals surface area contributed by atoms with Crippen LogP contribution in [0.2, 0.25) is 0 Å². The zero-order valence-electron chi connectivity index (χ0n) is 10.9. The van der Waals surface area contributed by atoms with Gasteiger partial charge in [0.05, 0.1) is 6.61 Å². The second-order valence-corrected chi connectivity index (χ2v) is 6.34. The van der Waals surface area contributed by atoms with E-state index in [-0.39, 0.29) is 12.6 Å². The Kier molecular flexibility index (Phi) is 5.74. The van der Waals surface area contributed by atoms with Crippen LogP contribution in [0.15, 0.2) is 0 Å². The molecule has 1 saturated heterocycles. The molecule has 1 rings (SSSR count). The molecule has 0 saturated carbocycles. The summed E-state index contributed by atoms with van der Waals surface area (Å²) in [7, 11) is 1.41. The van der Waals surface area contributed by atoms with Crippen molar-refractivity contribution in [2.75, 3.05) is 26.8 Å². The molecule has 1 fully saturated rings. The van der Waals surface area contributed by atoms with Gasteiger partial charge in [0.25, 0.3) is 0 Å². The Bertz CT molecular complexity index is 303. The molecule has 1 aliphatic heterocycles. The minimum atomic E-state index is -1.09. The SMILES string of the molecule is COCC(NC(=O)N1CC(C)SC(C)C1)C(=O)O. The molecule has 2 N–H and O–H groups in total. The highest BCUT2D eigenvalue weighted by atomic mass is 32.2. The number of aliphatic carboxylic acids is 1. The molecule has 0 aliphatic carbocycles. The lowest BCUT2D eigenvalue weighted by atomic mass is 10.3. The number of urea groups is 1.